The van der Waals surface area contributed by atoms with Gasteiger partial charge in [0, 0.05) is 39.3 Å². The fourth-order valence-corrected chi connectivity index (χ4v) is 4.68. The highest BCUT2D eigenvalue weighted by Gasteiger charge is 2.32. The van der Waals surface area contributed by atoms with E-state index in [1.54, 1.807) is 36.4 Å². The van der Waals surface area contributed by atoms with Gasteiger partial charge in [0.15, 0.2) is 5.76 Å². The minimum atomic E-state index is -0.213. The number of ether oxygens (including phenoxy) is 1. The number of allylic oxidation sites excluding steroid dienone is 1. The van der Waals surface area contributed by atoms with Gasteiger partial charge in [-0.15, -0.1) is 0 Å². The second-order valence-electron chi connectivity index (χ2n) is 8.59. The van der Waals surface area contributed by atoms with Crippen LogP contribution in [0.15, 0.2) is 66.4 Å². The van der Waals surface area contributed by atoms with E-state index in [0.29, 0.717) is 39.0 Å². The number of nitrogens with zero attached hydrogens (tertiary/aromatic N) is 2. The van der Waals surface area contributed by atoms with Gasteiger partial charge in [-0.1, -0.05) is 59.6 Å². The number of benzene rings is 3. The molecule has 0 aliphatic carbocycles. The molecule has 1 saturated heterocycles. The van der Waals surface area contributed by atoms with Crippen LogP contribution in [0.25, 0.3) is 6.08 Å². The maximum absolute atomic E-state index is 13.0. The minimum Gasteiger partial charge on any atom is -0.507 e. The normalized spacial score (nSPS) is 17.7. The first-order valence-corrected chi connectivity index (χ1v) is 12.0. The van der Waals surface area contributed by atoms with Crippen LogP contribution in [0.3, 0.4) is 0 Å². The van der Waals surface area contributed by atoms with E-state index >= 15 is 0 Å². The predicted molar refractivity (Wildman–Crippen MR) is 135 cm³/mol. The van der Waals surface area contributed by atoms with E-state index in [9.17, 15) is 9.90 Å². The molecule has 1 N–H and O–H groups in total. The molecule has 0 bridgehead atoms. The van der Waals surface area contributed by atoms with Crippen LogP contribution in [-0.4, -0.2) is 46.9 Å². The van der Waals surface area contributed by atoms with Gasteiger partial charge in [-0.3, -0.25) is 14.6 Å². The molecule has 0 aromatic heterocycles. The average molecular weight is 495 g/mol. The summed E-state index contributed by atoms with van der Waals surface area (Å²) in [6.07, 6.45) is 1.65. The van der Waals surface area contributed by atoms with Crippen molar-refractivity contribution in [3.05, 3.63) is 98.7 Å². The van der Waals surface area contributed by atoms with E-state index in [4.69, 9.17) is 27.9 Å². The van der Waals surface area contributed by atoms with Crippen LogP contribution in [0.2, 0.25) is 10.0 Å². The average Bonchev–Trinajstić information content (AvgIpc) is 3.15. The van der Waals surface area contributed by atoms with Gasteiger partial charge in [0.1, 0.15) is 11.5 Å². The molecule has 2 heterocycles. The largest absolute Gasteiger partial charge is 0.507 e. The number of phenolic OH excluding ortho intramolecular Hbond substituents is 1. The van der Waals surface area contributed by atoms with E-state index in [-0.39, 0.29) is 17.3 Å². The quantitative estimate of drug-likeness (QED) is 0.465. The molecule has 0 atom stereocenters. The van der Waals surface area contributed by atoms with Gasteiger partial charge in [0.05, 0.1) is 21.2 Å². The second-order valence-corrected chi connectivity index (χ2v) is 9.41. The summed E-state index contributed by atoms with van der Waals surface area (Å²) in [7, 11) is 0. The monoisotopic (exact) mass is 494 g/mol. The molecule has 5 rings (SSSR count). The van der Waals surface area contributed by atoms with Crippen molar-refractivity contribution in [3.63, 3.8) is 0 Å². The Morgan fingerprint density at radius 1 is 0.882 bits per heavy atom. The Labute approximate surface area is 208 Å². The molecule has 0 saturated carbocycles. The summed E-state index contributed by atoms with van der Waals surface area (Å²) in [6.45, 7) is 5.06. The molecule has 3 aromatic carbocycles. The summed E-state index contributed by atoms with van der Waals surface area (Å²) in [4.78, 5) is 17.7. The summed E-state index contributed by atoms with van der Waals surface area (Å²) >= 11 is 12.1. The van der Waals surface area contributed by atoms with Gasteiger partial charge >= 0.3 is 0 Å². The van der Waals surface area contributed by atoms with Crippen molar-refractivity contribution in [2.45, 2.75) is 13.1 Å². The molecule has 0 spiro atoms. The maximum Gasteiger partial charge on any atom is 0.231 e. The number of aromatic hydroxyl groups is 1. The molecule has 0 unspecified atom stereocenters. The highest BCUT2D eigenvalue weighted by molar-refractivity contribution is 6.42. The number of Topliss-reactive ketones (excluding diaryl/α,β-unsaturated/α-hetero) is 1. The molecule has 2 aliphatic heterocycles. The lowest BCUT2D eigenvalue weighted by Crippen LogP contribution is -2.45. The first-order valence-electron chi connectivity index (χ1n) is 11.2. The van der Waals surface area contributed by atoms with Gasteiger partial charge in [-0.2, -0.15) is 0 Å². The Balaban J connectivity index is 1.29. The van der Waals surface area contributed by atoms with Crippen LogP contribution in [0.4, 0.5) is 0 Å². The van der Waals surface area contributed by atoms with Crippen molar-refractivity contribution in [2.24, 2.45) is 0 Å². The highest BCUT2D eigenvalue weighted by atomic mass is 35.5. The van der Waals surface area contributed by atoms with Gasteiger partial charge in [0.2, 0.25) is 5.78 Å². The second kappa shape index (κ2) is 9.80. The first-order chi connectivity index (χ1) is 16.5. The molecule has 3 aromatic rings. The zero-order valence-corrected chi connectivity index (χ0v) is 20.0. The van der Waals surface area contributed by atoms with Crippen LogP contribution >= 0.6 is 23.2 Å². The van der Waals surface area contributed by atoms with Crippen LogP contribution in [0, 0.1) is 0 Å². The number of hydrogen-bond acceptors (Lipinski definition) is 5. The molecule has 1 fully saturated rings. The minimum absolute atomic E-state index is 0.133. The molecule has 7 heteroatoms. The van der Waals surface area contributed by atoms with Crippen LogP contribution < -0.4 is 4.74 Å². The summed E-state index contributed by atoms with van der Waals surface area (Å²) < 4.78 is 5.99. The van der Waals surface area contributed by atoms with Crippen molar-refractivity contribution < 1.29 is 14.6 Å². The predicted octanol–water partition coefficient (Wildman–Crippen LogP) is 5.63. The van der Waals surface area contributed by atoms with E-state index in [2.05, 4.69) is 34.1 Å². The molecular formula is C27H24Cl2N2O3. The Hall–Kier alpha value is -2.83. The fourth-order valence-electron chi connectivity index (χ4n) is 4.37. The van der Waals surface area contributed by atoms with Crippen LogP contribution in [0.1, 0.15) is 27.0 Å². The SMILES string of the molecule is O=C1/C(=C/c2ccc(Cl)c(Cl)c2)Oc2c1ccc(O)c2CN1CCN(Cc2ccccc2)CC1. The van der Waals surface area contributed by atoms with Gasteiger partial charge in [-0.05, 0) is 41.5 Å². The molecule has 5 nitrogen and oxygen atoms in total. The molecule has 0 radical (unpaired) electrons. The number of rotatable bonds is 5. The third-order valence-corrected chi connectivity index (χ3v) is 6.99. The smallest absolute Gasteiger partial charge is 0.231 e. The van der Waals surface area contributed by atoms with E-state index in [1.165, 1.54) is 5.56 Å². The Morgan fingerprint density at radius 2 is 1.59 bits per heavy atom. The van der Waals surface area contributed by atoms with Crippen molar-refractivity contribution in [1.29, 1.82) is 0 Å². The first kappa shape index (κ1) is 22.9. The fraction of sp³-hybridized carbons (Fsp3) is 0.222. The topological polar surface area (TPSA) is 53.0 Å². The summed E-state index contributed by atoms with van der Waals surface area (Å²) in [5, 5.41) is 11.5. The molecular weight excluding hydrogens is 471 g/mol. The van der Waals surface area contributed by atoms with Crippen molar-refractivity contribution in [1.82, 2.24) is 9.80 Å². The van der Waals surface area contributed by atoms with E-state index < -0.39 is 0 Å². The molecule has 0 amide bonds. The standard InChI is InChI=1S/C27H24Cl2N2O3/c28-22-8-6-19(14-23(22)29)15-25-26(33)20-7-9-24(32)21(27(20)34-25)17-31-12-10-30(11-13-31)16-18-4-2-1-3-5-18/h1-9,14-15,32H,10-13,16-17H2/b25-15-. The lowest BCUT2D eigenvalue weighted by atomic mass is 10.0. The third kappa shape index (κ3) is 4.84. The van der Waals surface area contributed by atoms with Crippen molar-refractivity contribution in [3.8, 4) is 11.5 Å². The van der Waals surface area contributed by atoms with Gasteiger partial charge < -0.3 is 9.84 Å². The number of hydrogen-bond donors (Lipinski definition) is 1. The van der Waals surface area contributed by atoms with E-state index in [0.717, 1.165) is 32.7 Å². The Morgan fingerprint density at radius 3 is 2.29 bits per heavy atom. The zero-order valence-electron chi connectivity index (χ0n) is 18.5. The van der Waals surface area contributed by atoms with Crippen LogP contribution in [0.5, 0.6) is 11.5 Å². The summed E-state index contributed by atoms with van der Waals surface area (Å²) in [5.74, 6) is 0.556. The highest BCUT2D eigenvalue weighted by Crippen LogP contribution is 2.40. The lowest BCUT2D eigenvalue weighted by Gasteiger charge is -2.35. The van der Waals surface area contributed by atoms with E-state index in [1.807, 2.05) is 6.07 Å². The Bertz CT molecular complexity index is 1250. The van der Waals surface area contributed by atoms with Crippen LogP contribution in [-0.2, 0) is 13.1 Å². The Kier molecular flexibility index (Phi) is 6.61. The zero-order chi connectivity index (χ0) is 23.7. The third-order valence-electron chi connectivity index (χ3n) is 6.25. The maximum atomic E-state index is 13.0. The van der Waals surface area contributed by atoms with Gasteiger partial charge in [0.25, 0.3) is 0 Å². The van der Waals surface area contributed by atoms with Crippen molar-refractivity contribution >= 4 is 35.1 Å². The number of carbonyl (C=O) groups is 1. The molecule has 34 heavy (non-hydrogen) atoms. The summed E-state index contributed by atoms with van der Waals surface area (Å²) in [5.41, 5.74) is 3.12. The number of halogens is 2. The lowest BCUT2D eigenvalue weighted by molar-refractivity contribution is 0.101. The molecule has 174 valence electrons. The van der Waals surface area contributed by atoms with Gasteiger partial charge in [-0.25, -0.2) is 0 Å². The number of piperazine rings is 1. The van der Waals surface area contributed by atoms with Crippen molar-refractivity contribution in [2.75, 3.05) is 26.2 Å². The number of carbonyl (C=O) groups excluding carboxylic acids is 1. The number of ketones is 1. The number of phenols is 1. The molecule has 2 aliphatic rings. The number of fused-ring (bicyclic) bond motifs is 1. The summed E-state index contributed by atoms with van der Waals surface area (Å²) in [6, 6.07) is 18.8.